The highest BCUT2D eigenvalue weighted by Gasteiger charge is 2.44. The average Bonchev–Trinajstić information content (AvgIpc) is 3.49. The van der Waals surface area contributed by atoms with Crippen LogP contribution < -0.4 is 9.47 Å². The minimum absolute atomic E-state index is 0.174. The Labute approximate surface area is 216 Å². The maximum atomic E-state index is 13.3. The first-order valence-corrected chi connectivity index (χ1v) is 12.8. The van der Waals surface area contributed by atoms with Gasteiger partial charge in [-0.1, -0.05) is 48.7 Å². The van der Waals surface area contributed by atoms with Crippen LogP contribution >= 0.6 is 11.6 Å². The quantitative estimate of drug-likeness (QED) is 0.297. The summed E-state index contributed by atoms with van der Waals surface area (Å²) in [5.74, 6) is 0.918. The zero-order valence-corrected chi connectivity index (χ0v) is 21.3. The molecule has 2 aliphatic rings. The molecule has 1 saturated carbocycles. The number of carbonyl (C=O) groups excluding carboxylic acids is 2. The molecule has 1 aromatic heterocycles. The minimum Gasteiger partial charge on any atom is -0.486 e. The summed E-state index contributed by atoms with van der Waals surface area (Å²) in [5, 5.41) is 0.625. The fourth-order valence-electron chi connectivity index (χ4n) is 5.43. The molecule has 0 N–H and O–H groups in total. The summed E-state index contributed by atoms with van der Waals surface area (Å²) in [6.45, 7) is 4.57. The molecule has 1 atom stereocenters. The fraction of sp³-hybridized carbons (Fsp3) is 0.379. The van der Waals surface area contributed by atoms with E-state index in [2.05, 4.69) is 4.57 Å². The largest absolute Gasteiger partial charge is 0.486 e. The minimum atomic E-state index is -0.712. The van der Waals surface area contributed by atoms with E-state index in [0.717, 1.165) is 41.3 Å². The van der Waals surface area contributed by atoms with Gasteiger partial charge in [0.2, 0.25) is 5.78 Å². The van der Waals surface area contributed by atoms with Crippen LogP contribution in [0.15, 0.2) is 54.6 Å². The van der Waals surface area contributed by atoms with E-state index in [-0.39, 0.29) is 24.5 Å². The molecule has 1 fully saturated rings. The highest BCUT2D eigenvalue weighted by Crippen LogP contribution is 2.42. The number of rotatable bonds is 7. The maximum Gasteiger partial charge on any atom is 0.317 e. The number of aryl methyl sites for hydroxylation is 1. The van der Waals surface area contributed by atoms with Crippen molar-refractivity contribution in [2.24, 2.45) is 0 Å². The van der Waals surface area contributed by atoms with Crippen molar-refractivity contribution in [1.29, 1.82) is 0 Å². The SMILES string of the molecule is Cc1cc(C(=O)COC(=O)C2(c3ccc(Cl)cc3)CCCC2)c(C)n1C[C@H]1COc2ccccc2O1. The number of aromatic nitrogens is 1. The molecule has 188 valence electrons. The van der Waals surface area contributed by atoms with Gasteiger partial charge in [-0.2, -0.15) is 0 Å². The molecule has 7 heteroatoms. The lowest BCUT2D eigenvalue weighted by molar-refractivity contribution is -0.149. The number of hydrogen-bond acceptors (Lipinski definition) is 5. The number of para-hydroxylation sites is 2. The molecule has 0 saturated heterocycles. The van der Waals surface area contributed by atoms with Gasteiger partial charge in [0, 0.05) is 22.0 Å². The molecule has 3 aromatic rings. The van der Waals surface area contributed by atoms with Crippen LogP contribution in [-0.4, -0.2) is 35.6 Å². The molecule has 36 heavy (non-hydrogen) atoms. The first-order chi connectivity index (χ1) is 17.4. The predicted octanol–water partition coefficient (Wildman–Crippen LogP) is 5.84. The number of carbonyl (C=O) groups is 2. The third-order valence-electron chi connectivity index (χ3n) is 7.41. The normalized spacial score (nSPS) is 18.1. The number of ether oxygens (including phenoxy) is 3. The van der Waals surface area contributed by atoms with Crippen molar-refractivity contribution < 1.29 is 23.8 Å². The van der Waals surface area contributed by atoms with Crippen LogP contribution in [-0.2, 0) is 21.5 Å². The van der Waals surface area contributed by atoms with Gasteiger partial charge in [-0.25, -0.2) is 0 Å². The van der Waals surface area contributed by atoms with Gasteiger partial charge < -0.3 is 18.8 Å². The van der Waals surface area contributed by atoms with Gasteiger partial charge in [-0.05, 0) is 62.6 Å². The van der Waals surface area contributed by atoms with Crippen molar-refractivity contribution in [1.82, 2.24) is 4.57 Å². The van der Waals surface area contributed by atoms with Crippen LogP contribution in [0, 0.1) is 13.8 Å². The van der Waals surface area contributed by atoms with Crippen molar-refractivity contribution in [3.63, 3.8) is 0 Å². The van der Waals surface area contributed by atoms with E-state index >= 15 is 0 Å². The second-order valence-electron chi connectivity index (χ2n) is 9.69. The van der Waals surface area contributed by atoms with E-state index in [1.807, 2.05) is 56.3 Å². The third kappa shape index (κ3) is 4.62. The first kappa shape index (κ1) is 24.4. The lowest BCUT2D eigenvalue weighted by atomic mass is 9.79. The van der Waals surface area contributed by atoms with Crippen LogP contribution in [0.25, 0.3) is 0 Å². The smallest absolute Gasteiger partial charge is 0.317 e. The number of ketones is 1. The maximum absolute atomic E-state index is 13.3. The van der Waals surface area contributed by atoms with Gasteiger partial charge in [0.1, 0.15) is 6.61 Å². The molecular weight excluding hydrogens is 478 g/mol. The van der Waals surface area contributed by atoms with Crippen LogP contribution in [0.1, 0.15) is 53.0 Å². The Bertz CT molecular complexity index is 1270. The van der Waals surface area contributed by atoms with E-state index < -0.39 is 5.41 Å². The van der Waals surface area contributed by atoms with Crippen molar-refractivity contribution >= 4 is 23.4 Å². The van der Waals surface area contributed by atoms with Crippen LogP contribution in [0.5, 0.6) is 11.5 Å². The molecule has 0 amide bonds. The second-order valence-corrected chi connectivity index (χ2v) is 10.1. The lowest BCUT2D eigenvalue weighted by Gasteiger charge is -2.27. The van der Waals surface area contributed by atoms with Crippen molar-refractivity contribution in [3.05, 3.63) is 82.1 Å². The number of Topliss-reactive ketones (excluding diaryl/α,β-unsaturated/α-hetero) is 1. The summed E-state index contributed by atoms with van der Waals surface area (Å²) in [5.41, 5.74) is 2.51. The average molecular weight is 508 g/mol. The molecule has 6 nitrogen and oxygen atoms in total. The van der Waals surface area contributed by atoms with E-state index in [4.69, 9.17) is 25.8 Å². The summed E-state index contributed by atoms with van der Waals surface area (Å²) in [4.78, 5) is 26.4. The number of esters is 1. The fourth-order valence-corrected chi connectivity index (χ4v) is 5.55. The zero-order valence-electron chi connectivity index (χ0n) is 20.6. The Balaban J connectivity index is 1.26. The molecule has 0 unspecified atom stereocenters. The number of hydrogen-bond donors (Lipinski definition) is 0. The number of benzene rings is 2. The van der Waals surface area contributed by atoms with E-state index in [1.54, 1.807) is 12.1 Å². The van der Waals surface area contributed by atoms with E-state index in [1.165, 1.54) is 0 Å². The molecule has 2 aromatic carbocycles. The Kier molecular flexibility index (Phi) is 6.80. The van der Waals surface area contributed by atoms with E-state index in [0.29, 0.717) is 36.6 Å². The summed E-state index contributed by atoms with van der Waals surface area (Å²) in [6, 6.07) is 16.8. The highest BCUT2D eigenvalue weighted by atomic mass is 35.5. The molecular formula is C29H30ClNO5. The second kappa shape index (κ2) is 10.0. The van der Waals surface area contributed by atoms with Crippen molar-refractivity contribution in [2.45, 2.75) is 57.6 Å². The topological polar surface area (TPSA) is 66.8 Å². The molecule has 1 aliphatic carbocycles. The van der Waals surface area contributed by atoms with Crippen LogP contribution in [0.3, 0.4) is 0 Å². The Morgan fingerprint density at radius 3 is 2.47 bits per heavy atom. The summed E-state index contributed by atoms with van der Waals surface area (Å²) in [6.07, 6.45) is 3.15. The molecule has 0 spiro atoms. The van der Waals surface area contributed by atoms with Crippen molar-refractivity contribution in [2.75, 3.05) is 13.2 Å². The molecule has 0 bridgehead atoms. The Morgan fingerprint density at radius 1 is 1.06 bits per heavy atom. The van der Waals surface area contributed by atoms with E-state index in [9.17, 15) is 9.59 Å². The number of halogens is 1. The predicted molar refractivity (Wildman–Crippen MR) is 137 cm³/mol. The van der Waals surface area contributed by atoms with Crippen molar-refractivity contribution in [3.8, 4) is 11.5 Å². The number of nitrogens with zero attached hydrogens (tertiary/aromatic N) is 1. The van der Waals surface area contributed by atoms with Gasteiger partial charge in [0.25, 0.3) is 0 Å². The molecule has 0 radical (unpaired) electrons. The van der Waals surface area contributed by atoms with Gasteiger partial charge >= 0.3 is 5.97 Å². The van der Waals surface area contributed by atoms with Gasteiger partial charge in [0.15, 0.2) is 24.2 Å². The highest BCUT2D eigenvalue weighted by molar-refractivity contribution is 6.30. The molecule has 5 rings (SSSR count). The molecule has 2 heterocycles. The standard InChI is InChI=1S/C29H30ClNO5/c1-19-15-24(20(2)31(19)16-23-17-34-26-7-3-4-8-27(26)36-23)25(32)18-35-28(33)29(13-5-6-14-29)21-9-11-22(30)12-10-21/h3-4,7-12,15,23H,5-6,13-14,16-18H2,1-2H3/t23-/m0/s1. The summed E-state index contributed by atoms with van der Waals surface area (Å²) in [7, 11) is 0. The summed E-state index contributed by atoms with van der Waals surface area (Å²) >= 11 is 6.05. The first-order valence-electron chi connectivity index (χ1n) is 12.4. The number of fused-ring (bicyclic) bond motifs is 1. The Hall–Kier alpha value is -3.25. The van der Waals surface area contributed by atoms with Crippen LogP contribution in [0.4, 0.5) is 0 Å². The molecule has 1 aliphatic heterocycles. The Morgan fingerprint density at radius 2 is 1.75 bits per heavy atom. The summed E-state index contributed by atoms with van der Waals surface area (Å²) < 4.78 is 19.6. The zero-order chi connectivity index (χ0) is 25.3. The van der Waals surface area contributed by atoms with Crippen LogP contribution in [0.2, 0.25) is 5.02 Å². The lowest BCUT2D eigenvalue weighted by Crippen LogP contribution is -2.36. The monoisotopic (exact) mass is 507 g/mol. The van der Waals surface area contributed by atoms with Gasteiger partial charge in [0.05, 0.1) is 12.0 Å². The van der Waals surface area contributed by atoms with Gasteiger partial charge in [-0.15, -0.1) is 0 Å². The third-order valence-corrected chi connectivity index (χ3v) is 7.66. The van der Waals surface area contributed by atoms with Gasteiger partial charge in [-0.3, -0.25) is 9.59 Å².